The highest BCUT2D eigenvalue weighted by Crippen LogP contribution is 2.35. The van der Waals surface area contributed by atoms with Crippen LogP contribution in [-0.4, -0.2) is 107 Å². The number of carbonyl (C=O) groups excluding carboxylic acids is 1. The van der Waals surface area contributed by atoms with Gasteiger partial charge < -0.3 is 47.7 Å². The first kappa shape index (κ1) is 39.3. The summed E-state index contributed by atoms with van der Waals surface area (Å²) in [5, 5.41) is 15.0. The molecule has 0 saturated carbocycles. The summed E-state index contributed by atoms with van der Waals surface area (Å²) in [6, 6.07) is 28.5. The van der Waals surface area contributed by atoms with Crippen molar-refractivity contribution in [3.63, 3.8) is 0 Å². The molecule has 0 unspecified atom stereocenters. The Hall–Kier alpha value is -3.92. The number of rotatable bonds is 18. The van der Waals surface area contributed by atoms with Crippen LogP contribution < -0.4 is 0 Å². The minimum atomic E-state index is -1.47. The highest BCUT2D eigenvalue weighted by atomic mass is 16.7. The summed E-state index contributed by atoms with van der Waals surface area (Å²) < 4.78 is 55.3. The molecular formula is C38H47N3O11. The fraction of sp³-hybridized carbons (Fsp3) is 0.500. The van der Waals surface area contributed by atoms with Crippen molar-refractivity contribution in [1.29, 1.82) is 0 Å². The number of benzene rings is 3. The number of methoxy groups -OCH3 is 3. The van der Waals surface area contributed by atoms with Gasteiger partial charge in [-0.3, -0.25) is 0 Å². The molecule has 2 aliphatic rings. The molecule has 5 rings (SSSR count). The molecule has 0 aliphatic carbocycles. The van der Waals surface area contributed by atoms with Gasteiger partial charge in [0.2, 0.25) is 0 Å². The lowest BCUT2D eigenvalue weighted by Crippen LogP contribution is -2.66. The van der Waals surface area contributed by atoms with Crippen molar-refractivity contribution in [2.75, 3.05) is 34.5 Å². The lowest BCUT2D eigenvalue weighted by atomic mass is 9.92. The molecule has 3 aromatic rings. The third-order valence-corrected chi connectivity index (χ3v) is 9.07. The predicted octanol–water partition coefficient (Wildman–Crippen LogP) is 4.52. The first-order valence-electron chi connectivity index (χ1n) is 17.2. The van der Waals surface area contributed by atoms with Crippen molar-refractivity contribution >= 4 is 5.97 Å². The molecule has 2 heterocycles. The van der Waals surface area contributed by atoms with Crippen molar-refractivity contribution in [2.24, 2.45) is 5.11 Å². The van der Waals surface area contributed by atoms with Crippen LogP contribution in [0.1, 0.15) is 23.1 Å². The topological polar surface area (TPSA) is 169 Å². The molecule has 1 N–H and O–H groups in total. The summed E-state index contributed by atoms with van der Waals surface area (Å²) in [5.74, 6) is -0.797. The highest BCUT2D eigenvalue weighted by Gasteiger charge is 2.54. The summed E-state index contributed by atoms with van der Waals surface area (Å²) in [4.78, 5) is 16.3. The molecular weight excluding hydrogens is 674 g/mol. The first-order chi connectivity index (χ1) is 25.5. The first-order valence-corrected chi connectivity index (χ1v) is 17.2. The standard InChI is InChI=1S/C38H47N3O11/c1-44-31-28(19-20-40-41-39)50-29(24-47-21-25-13-7-4-8-14-25)32(35(31)48-22-26-15-9-5-10-16-26)51-38-36(46-3)33(45-2)30(42)34(52-38)37(43)49-23-27-17-11-6-12-18-27/h4-18,28-36,38,42H,19-24H2,1-3H3/t28-,29-,30+,31+,32-,33+,34-,35-,36-,38+/m1/s1. The van der Waals surface area contributed by atoms with E-state index in [4.69, 9.17) is 48.2 Å². The molecule has 2 saturated heterocycles. The molecule has 0 bridgehead atoms. The fourth-order valence-electron chi connectivity index (χ4n) is 6.47. The smallest absolute Gasteiger partial charge is 0.338 e. The van der Waals surface area contributed by atoms with E-state index in [0.717, 1.165) is 16.7 Å². The Morgan fingerprint density at radius 2 is 1.31 bits per heavy atom. The van der Waals surface area contributed by atoms with Crippen LogP contribution in [0.25, 0.3) is 10.4 Å². The van der Waals surface area contributed by atoms with Crippen LogP contribution in [0, 0.1) is 0 Å². The Morgan fingerprint density at radius 1 is 0.731 bits per heavy atom. The Kier molecular flexibility index (Phi) is 15.4. The Bertz CT molecular complexity index is 1530. The average Bonchev–Trinajstić information content (AvgIpc) is 3.18. The van der Waals surface area contributed by atoms with Gasteiger partial charge in [0.1, 0.15) is 49.3 Å². The Labute approximate surface area is 303 Å². The van der Waals surface area contributed by atoms with Gasteiger partial charge in [-0.25, -0.2) is 4.79 Å². The summed E-state index contributed by atoms with van der Waals surface area (Å²) in [5.41, 5.74) is 11.6. The average molecular weight is 722 g/mol. The van der Waals surface area contributed by atoms with Gasteiger partial charge in [-0.05, 0) is 28.6 Å². The second-order valence-corrected chi connectivity index (χ2v) is 12.4. The zero-order valence-electron chi connectivity index (χ0n) is 29.5. The third-order valence-electron chi connectivity index (χ3n) is 9.07. The largest absolute Gasteiger partial charge is 0.459 e. The van der Waals surface area contributed by atoms with Crippen LogP contribution in [0.4, 0.5) is 0 Å². The summed E-state index contributed by atoms with van der Waals surface area (Å²) in [7, 11) is 4.38. The molecule has 0 aromatic heterocycles. The molecule has 14 nitrogen and oxygen atoms in total. The summed E-state index contributed by atoms with van der Waals surface area (Å²) >= 11 is 0. The second-order valence-electron chi connectivity index (χ2n) is 12.4. The number of azide groups is 1. The maximum absolute atomic E-state index is 13.4. The van der Waals surface area contributed by atoms with Crippen molar-refractivity contribution in [3.05, 3.63) is 118 Å². The predicted molar refractivity (Wildman–Crippen MR) is 187 cm³/mol. The molecule has 52 heavy (non-hydrogen) atoms. The number of aliphatic hydroxyl groups excluding tert-OH is 1. The van der Waals surface area contributed by atoms with E-state index < -0.39 is 67.2 Å². The number of hydrogen-bond acceptors (Lipinski definition) is 12. The van der Waals surface area contributed by atoms with E-state index >= 15 is 0 Å². The van der Waals surface area contributed by atoms with Crippen LogP contribution in [0.5, 0.6) is 0 Å². The van der Waals surface area contributed by atoms with E-state index in [2.05, 4.69) is 10.0 Å². The van der Waals surface area contributed by atoms with Gasteiger partial charge in [0.05, 0.1) is 25.9 Å². The maximum atomic E-state index is 13.4. The highest BCUT2D eigenvalue weighted by molar-refractivity contribution is 5.75. The van der Waals surface area contributed by atoms with Crippen molar-refractivity contribution in [2.45, 2.75) is 87.5 Å². The molecule has 2 aliphatic heterocycles. The third kappa shape index (κ3) is 10.4. The Morgan fingerprint density at radius 3 is 1.88 bits per heavy atom. The molecule has 3 aromatic carbocycles. The number of carbonyl (C=O) groups is 1. The van der Waals surface area contributed by atoms with Gasteiger partial charge >= 0.3 is 5.97 Å². The van der Waals surface area contributed by atoms with Crippen molar-refractivity contribution < 1.29 is 52.5 Å². The molecule has 14 heteroatoms. The van der Waals surface area contributed by atoms with Crippen LogP contribution >= 0.6 is 0 Å². The van der Waals surface area contributed by atoms with Gasteiger partial charge in [0.25, 0.3) is 0 Å². The number of nitrogens with zero attached hydrogens (tertiary/aromatic N) is 3. The van der Waals surface area contributed by atoms with Crippen LogP contribution in [-0.2, 0) is 67.2 Å². The summed E-state index contributed by atoms with van der Waals surface area (Å²) in [6.07, 6.45) is -9.57. The van der Waals surface area contributed by atoms with Gasteiger partial charge in [0.15, 0.2) is 12.4 Å². The van der Waals surface area contributed by atoms with Gasteiger partial charge in [-0.1, -0.05) is 96.1 Å². The van der Waals surface area contributed by atoms with Crippen molar-refractivity contribution in [3.8, 4) is 0 Å². The number of aliphatic hydroxyl groups is 1. The van der Waals surface area contributed by atoms with E-state index in [1.807, 2.05) is 91.0 Å². The molecule has 2 fully saturated rings. The van der Waals surface area contributed by atoms with Gasteiger partial charge in [0, 0.05) is 32.8 Å². The number of esters is 1. The van der Waals surface area contributed by atoms with Gasteiger partial charge in [-0.15, -0.1) is 0 Å². The minimum absolute atomic E-state index is 0.0252. The van der Waals surface area contributed by atoms with E-state index in [-0.39, 0.29) is 26.4 Å². The van der Waals surface area contributed by atoms with Crippen LogP contribution in [0.2, 0.25) is 0 Å². The van der Waals surface area contributed by atoms with Crippen molar-refractivity contribution in [1.82, 2.24) is 0 Å². The van der Waals surface area contributed by atoms with E-state index in [1.54, 1.807) is 7.11 Å². The molecule has 0 radical (unpaired) electrons. The normalized spacial score (nSPS) is 28.8. The number of ether oxygens (including phenoxy) is 9. The Balaban J connectivity index is 1.44. The lowest BCUT2D eigenvalue weighted by molar-refractivity contribution is -0.347. The monoisotopic (exact) mass is 721 g/mol. The molecule has 280 valence electrons. The van der Waals surface area contributed by atoms with E-state index in [1.165, 1.54) is 14.2 Å². The molecule has 0 spiro atoms. The SMILES string of the molecule is CO[C@@H]1[C@@H](OCc2ccccc2)[C@H](O[C@H]2O[C@@H](C(=O)OCc3ccccc3)[C@@H](O)[C@H](OC)[C@H]2OC)[C@@H](COCc2ccccc2)O[C@@H]1CCN=[N+]=[N-]. The minimum Gasteiger partial charge on any atom is -0.459 e. The molecule has 10 atom stereocenters. The zero-order valence-corrected chi connectivity index (χ0v) is 29.5. The van der Waals surface area contributed by atoms with Crippen LogP contribution in [0.15, 0.2) is 96.1 Å². The zero-order chi connectivity index (χ0) is 36.7. The second kappa shape index (κ2) is 20.4. The fourth-order valence-corrected chi connectivity index (χ4v) is 6.47. The van der Waals surface area contributed by atoms with Gasteiger partial charge in [-0.2, -0.15) is 0 Å². The summed E-state index contributed by atoms with van der Waals surface area (Å²) in [6.45, 7) is 0.713. The van der Waals surface area contributed by atoms with E-state index in [0.29, 0.717) is 13.0 Å². The van der Waals surface area contributed by atoms with Crippen LogP contribution in [0.3, 0.4) is 0 Å². The molecule has 0 amide bonds. The number of hydrogen-bond donors (Lipinski definition) is 1. The lowest BCUT2D eigenvalue weighted by Gasteiger charge is -2.49. The maximum Gasteiger partial charge on any atom is 0.338 e. The van der Waals surface area contributed by atoms with E-state index in [9.17, 15) is 9.90 Å². The quantitative estimate of drug-likeness (QED) is 0.0849.